The number of ketones is 1. The first-order chi connectivity index (χ1) is 12.6. The lowest BCUT2D eigenvalue weighted by molar-refractivity contribution is 0.0329. The second-order valence-corrected chi connectivity index (χ2v) is 7.15. The summed E-state index contributed by atoms with van der Waals surface area (Å²) in [5, 5.41) is 2.99. The van der Waals surface area contributed by atoms with Gasteiger partial charge in [0.05, 0.1) is 13.2 Å². The fourth-order valence-electron chi connectivity index (χ4n) is 3.71. The van der Waals surface area contributed by atoms with Gasteiger partial charge in [-0.05, 0) is 56.9 Å². The molecule has 0 aliphatic carbocycles. The van der Waals surface area contributed by atoms with E-state index in [-0.39, 0.29) is 11.8 Å². The van der Waals surface area contributed by atoms with Crippen LogP contribution in [-0.2, 0) is 4.74 Å². The molecule has 0 aromatic heterocycles. The Labute approximate surface area is 155 Å². The third-order valence-corrected chi connectivity index (χ3v) is 5.31. The average molecular weight is 359 g/mol. The van der Waals surface area contributed by atoms with Crippen molar-refractivity contribution in [3.8, 4) is 0 Å². The van der Waals surface area contributed by atoms with Gasteiger partial charge in [0, 0.05) is 43.5 Å². The zero-order valence-corrected chi connectivity index (χ0v) is 15.6. The highest BCUT2D eigenvalue weighted by Gasteiger charge is 2.27. The fraction of sp³-hybridized carbons (Fsp3) is 0.600. The molecule has 1 N–H and O–H groups in total. The summed E-state index contributed by atoms with van der Waals surface area (Å²) in [7, 11) is 0. The zero-order chi connectivity index (χ0) is 18.4. The van der Waals surface area contributed by atoms with Crippen molar-refractivity contribution in [2.45, 2.75) is 38.6 Å². The zero-order valence-electron chi connectivity index (χ0n) is 15.6. The van der Waals surface area contributed by atoms with Crippen LogP contribution < -0.4 is 5.32 Å². The molecule has 3 rings (SSSR count). The summed E-state index contributed by atoms with van der Waals surface area (Å²) >= 11 is 0. The second kappa shape index (κ2) is 9.14. The third kappa shape index (κ3) is 5.05. The number of rotatable bonds is 5. The molecule has 2 fully saturated rings. The van der Waals surface area contributed by atoms with E-state index >= 15 is 0 Å². The van der Waals surface area contributed by atoms with Gasteiger partial charge in [-0.3, -0.25) is 9.69 Å². The molecule has 26 heavy (non-hydrogen) atoms. The van der Waals surface area contributed by atoms with Crippen molar-refractivity contribution in [3.05, 3.63) is 29.8 Å². The summed E-state index contributed by atoms with van der Waals surface area (Å²) in [5.74, 6) is 0.0297. The minimum Gasteiger partial charge on any atom is -0.379 e. The summed E-state index contributed by atoms with van der Waals surface area (Å²) in [6, 6.07) is 7.35. The van der Waals surface area contributed by atoms with Gasteiger partial charge < -0.3 is 15.0 Å². The number of morpholine rings is 1. The van der Waals surface area contributed by atoms with Gasteiger partial charge >= 0.3 is 6.03 Å². The molecule has 2 saturated heterocycles. The van der Waals surface area contributed by atoms with E-state index in [9.17, 15) is 9.59 Å². The van der Waals surface area contributed by atoms with Crippen molar-refractivity contribution >= 4 is 17.5 Å². The first-order valence-electron chi connectivity index (χ1n) is 9.62. The molecule has 0 radical (unpaired) electrons. The van der Waals surface area contributed by atoms with Crippen LogP contribution in [0.1, 0.15) is 43.0 Å². The number of piperidine rings is 1. The Morgan fingerprint density at radius 2 is 1.85 bits per heavy atom. The minimum atomic E-state index is -0.0350. The van der Waals surface area contributed by atoms with Gasteiger partial charge in [-0.2, -0.15) is 0 Å². The predicted octanol–water partition coefficient (Wildman–Crippen LogP) is 3.00. The Kier molecular flexibility index (Phi) is 6.63. The third-order valence-electron chi connectivity index (χ3n) is 5.31. The Hall–Kier alpha value is -1.92. The first kappa shape index (κ1) is 18.9. The highest BCUT2D eigenvalue weighted by Crippen LogP contribution is 2.22. The van der Waals surface area contributed by atoms with Crippen molar-refractivity contribution in [3.63, 3.8) is 0 Å². The SMILES string of the molecule is CC(=O)c1ccc(NC(=O)N2CCCC[C@H]2CCN2CCOCC2)cc1. The fourth-order valence-corrected chi connectivity index (χ4v) is 3.71. The number of benzene rings is 1. The van der Waals surface area contributed by atoms with Gasteiger partial charge in [-0.15, -0.1) is 0 Å². The molecule has 1 aromatic rings. The van der Waals surface area contributed by atoms with Crippen molar-refractivity contribution in [1.29, 1.82) is 0 Å². The number of likely N-dealkylation sites (tertiary alicyclic amines) is 1. The lowest BCUT2D eigenvalue weighted by atomic mass is 9.99. The first-order valence-corrected chi connectivity index (χ1v) is 9.62. The minimum absolute atomic E-state index is 0.0297. The molecule has 2 amide bonds. The van der Waals surface area contributed by atoms with Crippen LogP contribution >= 0.6 is 0 Å². The maximum absolute atomic E-state index is 12.8. The van der Waals surface area contributed by atoms with Crippen LogP contribution in [0.3, 0.4) is 0 Å². The Morgan fingerprint density at radius 1 is 1.12 bits per heavy atom. The Balaban J connectivity index is 1.55. The summed E-state index contributed by atoms with van der Waals surface area (Å²) in [6.07, 6.45) is 4.33. The highest BCUT2D eigenvalue weighted by molar-refractivity contribution is 5.95. The van der Waals surface area contributed by atoms with Crippen molar-refractivity contribution in [2.24, 2.45) is 0 Å². The number of carbonyl (C=O) groups excluding carboxylic acids is 2. The molecule has 142 valence electrons. The quantitative estimate of drug-likeness (QED) is 0.821. The molecule has 1 atom stereocenters. The molecule has 2 heterocycles. The lowest BCUT2D eigenvalue weighted by Crippen LogP contribution is -2.48. The normalized spacial score (nSPS) is 21.4. The maximum atomic E-state index is 12.8. The summed E-state index contributed by atoms with van der Waals surface area (Å²) in [5.41, 5.74) is 1.39. The van der Waals surface area contributed by atoms with Crippen molar-refractivity contribution in [2.75, 3.05) is 44.7 Å². The van der Waals surface area contributed by atoms with Crippen LogP contribution in [0.25, 0.3) is 0 Å². The number of Topliss-reactive ketones (excluding diaryl/α,β-unsaturated/α-hetero) is 1. The van der Waals surface area contributed by atoms with E-state index in [1.54, 1.807) is 31.2 Å². The van der Waals surface area contributed by atoms with E-state index in [1.165, 1.54) is 6.42 Å². The van der Waals surface area contributed by atoms with Crippen molar-refractivity contribution < 1.29 is 14.3 Å². The molecule has 2 aliphatic heterocycles. The van der Waals surface area contributed by atoms with E-state index in [2.05, 4.69) is 10.2 Å². The summed E-state index contributed by atoms with van der Waals surface area (Å²) in [4.78, 5) is 28.5. The van der Waals surface area contributed by atoms with Gasteiger partial charge in [-0.1, -0.05) is 0 Å². The molecular weight excluding hydrogens is 330 g/mol. The standard InChI is InChI=1S/C20H29N3O3/c1-16(24)17-5-7-18(8-6-17)21-20(25)23-10-3-2-4-19(23)9-11-22-12-14-26-15-13-22/h5-8,19H,2-4,9-15H2,1H3,(H,21,25)/t19-/m0/s1. The van der Waals surface area contributed by atoms with E-state index < -0.39 is 0 Å². The Morgan fingerprint density at radius 3 is 2.54 bits per heavy atom. The molecule has 1 aromatic carbocycles. The molecule has 0 unspecified atom stereocenters. The number of carbonyl (C=O) groups is 2. The number of nitrogens with zero attached hydrogens (tertiary/aromatic N) is 2. The molecule has 6 heteroatoms. The average Bonchev–Trinajstić information content (AvgIpc) is 2.68. The predicted molar refractivity (Wildman–Crippen MR) is 102 cm³/mol. The highest BCUT2D eigenvalue weighted by atomic mass is 16.5. The molecule has 2 aliphatic rings. The molecular formula is C20H29N3O3. The maximum Gasteiger partial charge on any atom is 0.322 e. The lowest BCUT2D eigenvalue weighted by Gasteiger charge is -2.37. The topological polar surface area (TPSA) is 61.9 Å². The Bertz CT molecular complexity index is 611. The summed E-state index contributed by atoms with van der Waals surface area (Å²) in [6.45, 7) is 6.97. The van der Waals surface area contributed by atoms with Gasteiger partial charge in [0.1, 0.15) is 0 Å². The van der Waals surface area contributed by atoms with Gasteiger partial charge in [-0.25, -0.2) is 4.79 Å². The molecule has 0 spiro atoms. The number of urea groups is 1. The van der Waals surface area contributed by atoms with Crippen LogP contribution in [0.2, 0.25) is 0 Å². The smallest absolute Gasteiger partial charge is 0.322 e. The molecule has 0 saturated carbocycles. The van der Waals surface area contributed by atoms with E-state index in [0.717, 1.165) is 64.3 Å². The number of nitrogens with one attached hydrogen (secondary N) is 1. The number of amides is 2. The number of hydrogen-bond acceptors (Lipinski definition) is 4. The monoisotopic (exact) mass is 359 g/mol. The van der Waals surface area contributed by atoms with Crippen LogP contribution in [-0.4, -0.2) is 67.0 Å². The van der Waals surface area contributed by atoms with Gasteiger partial charge in [0.2, 0.25) is 0 Å². The van der Waals surface area contributed by atoms with Crippen LogP contribution in [0, 0.1) is 0 Å². The van der Waals surface area contributed by atoms with Crippen molar-refractivity contribution in [1.82, 2.24) is 9.80 Å². The second-order valence-electron chi connectivity index (χ2n) is 7.15. The van der Waals surface area contributed by atoms with Gasteiger partial charge in [0.15, 0.2) is 5.78 Å². The molecule has 6 nitrogen and oxygen atoms in total. The number of hydrogen-bond donors (Lipinski definition) is 1. The largest absolute Gasteiger partial charge is 0.379 e. The number of anilines is 1. The van der Waals surface area contributed by atoms with Crippen LogP contribution in [0.4, 0.5) is 10.5 Å². The molecule has 0 bridgehead atoms. The van der Waals surface area contributed by atoms with Crippen LogP contribution in [0.15, 0.2) is 24.3 Å². The van der Waals surface area contributed by atoms with Gasteiger partial charge in [0.25, 0.3) is 0 Å². The summed E-state index contributed by atoms with van der Waals surface area (Å²) < 4.78 is 5.40. The van der Waals surface area contributed by atoms with E-state index in [1.807, 2.05) is 4.90 Å². The van der Waals surface area contributed by atoms with Crippen LogP contribution in [0.5, 0.6) is 0 Å². The van der Waals surface area contributed by atoms with E-state index in [0.29, 0.717) is 11.6 Å². The van der Waals surface area contributed by atoms with E-state index in [4.69, 9.17) is 4.74 Å². The number of ether oxygens (including phenoxy) is 1.